The van der Waals surface area contributed by atoms with Gasteiger partial charge in [0.05, 0.1) is 6.07 Å². The first-order chi connectivity index (χ1) is 7.95. The van der Waals surface area contributed by atoms with E-state index in [1.807, 2.05) is 32.9 Å². The van der Waals surface area contributed by atoms with E-state index in [2.05, 4.69) is 0 Å². The van der Waals surface area contributed by atoms with Gasteiger partial charge >= 0.3 is 5.97 Å². The zero-order valence-corrected chi connectivity index (χ0v) is 11.2. The van der Waals surface area contributed by atoms with Gasteiger partial charge < -0.3 is 4.74 Å². The fourth-order valence-electron chi connectivity index (χ4n) is 1.41. The third kappa shape index (κ3) is 12.6. The average Bonchev–Trinajstić information content (AvgIpc) is 2.19. The molecule has 0 aliphatic rings. The van der Waals surface area contributed by atoms with Crippen molar-refractivity contribution in [2.75, 3.05) is 0 Å². The predicted octanol–water partition coefficient (Wildman–Crippen LogP) is 3.75. The molecule has 0 aromatic rings. The van der Waals surface area contributed by atoms with Crippen LogP contribution < -0.4 is 0 Å². The molecule has 3 heteroatoms. The second kappa shape index (κ2) is 8.81. The summed E-state index contributed by atoms with van der Waals surface area (Å²) in [6.45, 7) is 5.64. The first-order valence-corrected chi connectivity index (χ1v) is 6.22. The number of allylic oxidation sites excluding steroid dienone is 2. The van der Waals surface area contributed by atoms with Crippen LogP contribution in [-0.4, -0.2) is 11.6 Å². The summed E-state index contributed by atoms with van der Waals surface area (Å²) in [5.74, 6) is -0.109. The molecule has 0 atom stereocenters. The van der Waals surface area contributed by atoms with Gasteiger partial charge in [0.25, 0.3) is 0 Å². The summed E-state index contributed by atoms with van der Waals surface area (Å²) in [5, 5.41) is 8.27. The molecule has 0 aromatic carbocycles. The van der Waals surface area contributed by atoms with Crippen LogP contribution >= 0.6 is 0 Å². The number of hydrogen-bond donors (Lipinski definition) is 0. The standard InChI is InChI=1S/C14H23NO2/c1-14(2,3)17-13(16)11-9-7-5-4-6-8-10-12-15/h8,10H,4-7,9,11H2,1-3H3. The SMILES string of the molecule is CC(C)(C)OC(=O)CCCCCCC=CC#N. The van der Waals surface area contributed by atoms with Crippen LogP contribution in [0.3, 0.4) is 0 Å². The van der Waals surface area contributed by atoms with Crippen molar-refractivity contribution >= 4 is 5.97 Å². The quantitative estimate of drug-likeness (QED) is 0.385. The van der Waals surface area contributed by atoms with Gasteiger partial charge in [0.2, 0.25) is 0 Å². The van der Waals surface area contributed by atoms with E-state index >= 15 is 0 Å². The first-order valence-electron chi connectivity index (χ1n) is 6.22. The van der Waals surface area contributed by atoms with E-state index in [4.69, 9.17) is 10.00 Å². The number of esters is 1. The lowest BCUT2D eigenvalue weighted by Gasteiger charge is -2.19. The van der Waals surface area contributed by atoms with Crippen molar-refractivity contribution in [3.8, 4) is 6.07 Å². The van der Waals surface area contributed by atoms with E-state index in [1.165, 1.54) is 6.08 Å². The Kier molecular flexibility index (Phi) is 8.13. The Morgan fingerprint density at radius 2 is 1.88 bits per heavy atom. The highest BCUT2D eigenvalue weighted by molar-refractivity contribution is 5.69. The highest BCUT2D eigenvalue weighted by Gasteiger charge is 2.15. The molecule has 0 aliphatic heterocycles. The van der Waals surface area contributed by atoms with Crippen molar-refractivity contribution in [2.45, 2.75) is 64.9 Å². The molecule has 0 unspecified atom stereocenters. The second-order valence-electron chi connectivity index (χ2n) is 5.07. The van der Waals surface area contributed by atoms with Crippen LogP contribution in [0.25, 0.3) is 0 Å². The van der Waals surface area contributed by atoms with Gasteiger partial charge in [-0.05, 0) is 40.0 Å². The van der Waals surface area contributed by atoms with Crippen LogP contribution in [0.5, 0.6) is 0 Å². The minimum Gasteiger partial charge on any atom is -0.460 e. The average molecular weight is 237 g/mol. The molecular weight excluding hydrogens is 214 g/mol. The van der Waals surface area contributed by atoms with E-state index < -0.39 is 0 Å². The van der Waals surface area contributed by atoms with Gasteiger partial charge in [0.15, 0.2) is 0 Å². The lowest BCUT2D eigenvalue weighted by Crippen LogP contribution is -2.23. The number of ether oxygens (including phenoxy) is 1. The lowest BCUT2D eigenvalue weighted by atomic mass is 10.1. The Morgan fingerprint density at radius 1 is 1.24 bits per heavy atom. The summed E-state index contributed by atoms with van der Waals surface area (Å²) in [4.78, 5) is 11.4. The number of hydrogen-bond acceptors (Lipinski definition) is 3. The molecule has 17 heavy (non-hydrogen) atoms. The van der Waals surface area contributed by atoms with Gasteiger partial charge in [0, 0.05) is 12.5 Å². The minimum absolute atomic E-state index is 0.109. The molecule has 0 aliphatic carbocycles. The van der Waals surface area contributed by atoms with Crippen LogP contribution in [0.4, 0.5) is 0 Å². The molecule has 0 saturated carbocycles. The monoisotopic (exact) mass is 237 g/mol. The number of nitrogens with zero attached hydrogens (tertiary/aromatic N) is 1. The Bertz CT molecular complexity index is 282. The number of carbonyl (C=O) groups excluding carboxylic acids is 1. The number of carbonyl (C=O) groups is 1. The molecule has 0 saturated heterocycles. The van der Waals surface area contributed by atoms with Crippen LogP contribution in [0, 0.1) is 11.3 Å². The highest BCUT2D eigenvalue weighted by Crippen LogP contribution is 2.11. The highest BCUT2D eigenvalue weighted by atomic mass is 16.6. The summed E-state index contributed by atoms with van der Waals surface area (Å²) >= 11 is 0. The lowest BCUT2D eigenvalue weighted by molar-refractivity contribution is -0.154. The van der Waals surface area contributed by atoms with Crippen LogP contribution in [-0.2, 0) is 9.53 Å². The summed E-state index contributed by atoms with van der Waals surface area (Å²) in [5.41, 5.74) is -0.376. The third-order valence-corrected chi connectivity index (χ3v) is 2.11. The zero-order valence-electron chi connectivity index (χ0n) is 11.2. The normalized spacial score (nSPS) is 11.4. The van der Waals surface area contributed by atoms with Gasteiger partial charge in [-0.15, -0.1) is 0 Å². The van der Waals surface area contributed by atoms with Gasteiger partial charge in [-0.1, -0.05) is 18.9 Å². The smallest absolute Gasteiger partial charge is 0.306 e. The number of unbranched alkanes of at least 4 members (excludes halogenated alkanes) is 4. The first kappa shape index (κ1) is 15.7. The molecule has 0 amide bonds. The molecule has 0 fully saturated rings. The van der Waals surface area contributed by atoms with Crippen LogP contribution in [0.2, 0.25) is 0 Å². The Hall–Kier alpha value is -1.30. The molecule has 3 nitrogen and oxygen atoms in total. The van der Waals surface area contributed by atoms with E-state index in [0.29, 0.717) is 6.42 Å². The van der Waals surface area contributed by atoms with Gasteiger partial charge in [-0.3, -0.25) is 4.79 Å². The molecule has 0 heterocycles. The van der Waals surface area contributed by atoms with Gasteiger partial charge in [-0.25, -0.2) is 0 Å². The molecular formula is C14H23NO2. The molecule has 0 N–H and O–H groups in total. The Labute approximate surface area is 104 Å². The Balaban J connectivity index is 3.38. The van der Waals surface area contributed by atoms with E-state index in [9.17, 15) is 4.79 Å². The van der Waals surface area contributed by atoms with E-state index in [0.717, 1.165) is 32.1 Å². The van der Waals surface area contributed by atoms with E-state index in [1.54, 1.807) is 0 Å². The molecule has 0 rings (SSSR count). The summed E-state index contributed by atoms with van der Waals surface area (Å²) in [6, 6.07) is 1.96. The summed E-state index contributed by atoms with van der Waals surface area (Å²) < 4.78 is 5.21. The maximum atomic E-state index is 11.4. The molecule has 0 aromatic heterocycles. The summed E-state index contributed by atoms with van der Waals surface area (Å²) in [7, 11) is 0. The molecule has 0 spiro atoms. The van der Waals surface area contributed by atoms with E-state index in [-0.39, 0.29) is 11.6 Å². The van der Waals surface area contributed by atoms with Crippen molar-refractivity contribution in [3.05, 3.63) is 12.2 Å². The number of nitriles is 1. The van der Waals surface area contributed by atoms with Crippen LogP contribution in [0.15, 0.2) is 12.2 Å². The molecule has 0 radical (unpaired) electrons. The number of rotatable bonds is 7. The third-order valence-electron chi connectivity index (χ3n) is 2.11. The maximum absolute atomic E-state index is 11.4. The molecule has 0 bridgehead atoms. The minimum atomic E-state index is -0.376. The Morgan fingerprint density at radius 3 is 2.47 bits per heavy atom. The fourth-order valence-corrected chi connectivity index (χ4v) is 1.41. The van der Waals surface area contributed by atoms with Crippen molar-refractivity contribution in [2.24, 2.45) is 0 Å². The van der Waals surface area contributed by atoms with Crippen molar-refractivity contribution in [3.63, 3.8) is 0 Å². The fraction of sp³-hybridized carbons (Fsp3) is 0.714. The van der Waals surface area contributed by atoms with Gasteiger partial charge in [-0.2, -0.15) is 5.26 Å². The van der Waals surface area contributed by atoms with Crippen molar-refractivity contribution < 1.29 is 9.53 Å². The zero-order chi connectivity index (χ0) is 13.1. The predicted molar refractivity (Wildman–Crippen MR) is 68.3 cm³/mol. The maximum Gasteiger partial charge on any atom is 0.306 e. The summed E-state index contributed by atoms with van der Waals surface area (Å²) in [6.07, 6.45) is 8.95. The van der Waals surface area contributed by atoms with Crippen LogP contribution in [0.1, 0.15) is 59.3 Å². The van der Waals surface area contributed by atoms with Crippen molar-refractivity contribution in [1.82, 2.24) is 0 Å². The largest absolute Gasteiger partial charge is 0.460 e. The molecule has 96 valence electrons. The second-order valence-corrected chi connectivity index (χ2v) is 5.07. The topological polar surface area (TPSA) is 50.1 Å². The van der Waals surface area contributed by atoms with Crippen molar-refractivity contribution in [1.29, 1.82) is 5.26 Å². The van der Waals surface area contributed by atoms with Gasteiger partial charge in [0.1, 0.15) is 5.60 Å².